The predicted molar refractivity (Wildman–Crippen MR) is 96.5 cm³/mol. The number of likely N-dealkylation sites (N-methyl/N-ethyl adjacent to an activating group) is 1. The van der Waals surface area contributed by atoms with Gasteiger partial charge in [-0.3, -0.25) is 9.69 Å². The summed E-state index contributed by atoms with van der Waals surface area (Å²) < 4.78 is 16.8. The van der Waals surface area contributed by atoms with Crippen LogP contribution in [0.5, 0.6) is 17.2 Å². The molecular weight excluding hydrogens is 318 g/mol. The van der Waals surface area contributed by atoms with Crippen molar-refractivity contribution in [3.63, 3.8) is 0 Å². The maximum atomic E-state index is 12.5. The normalized spacial score (nSPS) is 18.6. The highest BCUT2D eigenvalue weighted by molar-refractivity contribution is 5.80. The molecule has 0 saturated carbocycles. The number of hydrogen-bond acceptors (Lipinski definition) is 5. The molecule has 1 aromatic rings. The summed E-state index contributed by atoms with van der Waals surface area (Å²) in [6.07, 6.45) is 4.92. The Bertz CT molecular complexity index is 691. The Labute approximate surface area is 149 Å². The van der Waals surface area contributed by atoms with Crippen LogP contribution in [0.15, 0.2) is 17.7 Å². The van der Waals surface area contributed by atoms with Gasteiger partial charge in [0.25, 0.3) is 0 Å². The van der Waals surface area contributed by atoms with Crippen LogP contribution in [0.25, 0.3) is 0 Å². The number of fused-ring (bicyclic) bond motifs is 2. The maximum absolute atomic E-state index is 12.5. The fourth-order valence-corrected chi connectivity index (χ4v) is 3.62. The second-order valence-electron chi connectivity index (χ2n) is 7.03. The number of carbonyl (C=O) groups excluding carboxylic acids is 1. The number of ketones is 1. The first kappa shape index (κ1) is 17.8. The van der Waals surface area contributed by atoms with Gasteiger partial charge < -0.3 is 14.2 Å². The molecule has 0 aliphatic carbocycles. The molecule has 5 nitrogen and oxygen atoms in total. The SMILES string of the molecule is COc1c2c(cc3c1C(CC(=O)CCC=C(C)C)N(C)CC3)OCO2. The lowest BCUT2D eigenvalue weighted by Crippen LogP contribution is -2.34. The van der Waals surface area contributed by atoms with E-state index < -0.39 is 0 Å². The van der Waals surface area contributed by atoms with Crippen molar-refractivity contribution in [2.75, 3.05) is 27.5 Å². The molecule has 25 heavy (non-hydrogen) atoms. The fourth-order valence-electron chi connectivity index (χ4n) is 3.62. The van der Waals surface area contributed by atoms with Gasteiger partial charge in [-0.15, -0.1) is 0 Å². The second-order valence-corrected chi connectivity index (χ2v) is 7.03. The molecule has 0 amide bonds. The molecule has 136 valence electrons. The molecule has 0 radical (unpaired) electrons. The standard InChI is InChI=1S/C20H27NO4/c1-13(2)6-5-7-15(22)11-16-18-14(8-9-21(16)3)10-17-19(20(18)23-4)25-12-24-17/h6,10,16H,5,7-9,11-12H2,1-4H3. The second kappa shape index (κ2) is 7.48. The van der Waals surface area contributed by atoms with Crippen LogP contribution < -0.4 is 14.2 Å². The molecule has 1 aromatic carbocycles. The molecule has 0 spiro atoms. The lowest BCUT2D eigenvalue weighted by molar-refractivity contribution is -0.120. The highest BCUT2D eigenvalue weighted by Crippen LogP contribution is 2.50. The van der Waals surface area contributed by atoms with E-state index in [2.05, 4.69) is 31.9 Å². The molecule has 2 heterocycles. The summed E-state index contributed by atoms with van der Waals surface area (Å²) in [5.74, 6) is 2.41. The van der Waals surface area contributed by atoms with Crippen molar-refractivity contribution in [2.45, 2.75) is 45.6 Å². The van der Waals surface area contributed by atoms with Crippen LogP contribution in [0.1, 0.15) is 50.3 Å². The first-order valence-corrected chi connectivity index (χ1v) is 8.86. The van der Waals surface area contributed by atoms with E-state index in [4.69, 9.17) is 14.2 Å². The maximum Gasteiger partial charge on any atom is 0.231 e. The number of rotatable bonds is 6. The highest BCUT2D eigenvalue weighted by Gasteiger charge is 2.34. The van der Waals surface area contributed by atoms with Crippen LogP contribution >= 0.6 is 0 Å². The van der Waals surface area contributed by atoms with E-state index in [0.29, 0.717) is 18.6 Å². The van der Waals surface area contributed by atoms with E-state index in [1.54, 1.807) is 7.11 Å². The van der Waals surface area contributed by atoms with Crippen molar-refractivity contribution in [2.24, 2.45) is 0 Å². The average molecular weight is 345 g/mol. The lowest BCUT2D eigenvalue weighted by Gasteiger charge is -2.35. The Morgan fingerprint density at radius 3 is 2.92 bits per heavy atom. The third kappa shape index (κ3) is 3.66. The molecule has 1 unspecified atom stereocenters. The van der Waals surface area contributed by atoms with Gasteiger partial charge in [0.15, 0.2) is 11.5 Å². The molecule has 0 bridgehead atoms. The topological polar surface area (TPSA) is 48.0 Å². The third-order valence-corrected chi connectivity index (χ3v) is 4.94. The largest absolute Gasteiger partial charge is 0.492 e. The number of hydrogen-bond donors (Lipinski definition) is 0. The molecule has 0 fully saturated rings. The summed E-state index contributed by atoms with van der Waals surface area (Å²) in [7, 11) is 3.72. The minimum absolute atomic E-state index is 0.0207. The molecule has 1 atom stereocenters. The molecule has 0 N–H and O–H groups in total. The minimum atomic E-state index is 0.0207. The molecule has 2 aliphatic rings. The Morgan fingerprint density at radius 2 is 2.20 bits per heavy atom. The summed E-state index contributed by atoms with van der Waals surface area (Å²) in [5, 5.41) is 0. The quantitative estimate of drug-likeness (QED) is 0.737. The van der Waals surface area contributed by atoms with Gasteiger partial charge in [-0.2, -0.15) is 0 Å². The zero-order chi connectivity index (χ0) is 18.0. The van der Waals surface area contributed by atoms with Crippen molar-refractivity contribution in [1.82, 2.24) is 4.90 Å². The van der Waals surface area contributed by atoms with Gasteiger partial charge in [0.2, 0.25) is 12.5 Å². The Hall–Kier alpha value is -2.01. The van der Waals surface area contributed by atoms with E-state index in [1.807, 2.05) is 6.07 Å². The number of ether oxygens (including phenoxy) is 3. The summed E-state index contributed by atoms with van der Waals surface area (Å²) in [6.45, 7) is 5.25. The van der Waals surface area contributed by atoms with E-state index in [-0.39, 0.29) is 18.6 Å². The first-order valence-electron chi connectivity index (χ1n) is 8.86. The molecule has 0 aromatic heterocycles. The van der Waals surface area contributed by atoms with Gasteiger partial charge in [0, 0.05) is 31.0 Å². The third-order valence-electron chi connectivity index (χ3n) is 4.94. The number of nitrogens with zero attached hydrogens (tertiary/aromatic N) is 1. The van der Waals surface area contributed by atoms with Crippen LogP contribution in [0.4, 0.5) is 0 Å². The smallest absolute Gasteiger partial charge is 0.231 e. The highest BCUT2D eigenvalue weighted by atomic mass is 16.7. The monoisotopic (exact) mass is 345 g/mol. The minimum Gasteiger partial charge on any atom is -0.492 e. The predicted octanol–water partition coefficient (Wildman–Crippen LogP) is 3.66. The molecule has 3 rings (SSSR count). The van der Waals surface area contributed by atoms with Gasteiger partial charge in [0.1, 0.15) is 5.78 Å². The number of methoxy groups -OCH3 is 1. The van der Waals surface area contributed by atoms with Crippen LogP contribution in [0.3, 0.4) is 0 Å². The first-order chi connectivity index (χ1) is 12.0. The van der Waals surface area contributed by atoms with E-state index in [1.165, 1.54) is 11.1 Å². The Morgan fingerprint density at radius 1 is 1.40 bits per heavy atom. The average Bonchev–Trinajstić information content (AvgIpc) is 3.03. The van der Waals surface area contributed by atoms with Crippen molar-refractivity contribution in [3.05, 3.63) is 28.8 Å². The van der Waals surface area contributed by atoms with Gasteiger partial charge in [-0.1, -0.05) is 11.6 Å². The Balaban J connectivity index is 1.86. The number of Topliss-reactive ketones (excluding diaryl/α,β-unsaturated/α-hetero) is 1. The van der Waals surface area contributed by atoms with Crippen molar-refractivity contribution >= 4 is 5.78 Å². The van der Waals surface area contributed by atoms with Gasteiger partial charge in [-0.25, -0.2) is 0 Å². The fraction of sp³-hybridized carbons (Fsp3) is 0.550. The van der Waals surface area contributed by atoms with E-state index in [0.717, 1.165) is 36.4 Å². The summed E-state index contributed by atoms with van der Waals surface area (Å²) in [5.41, 5.74) is 3.53. The van der Waals surface area contributed by atoms with Crippen LogP contribution in [-0.4, -0.2) is 38.2 Å². The van der Waals surface area contributed by atoms with Gasteiger partial charge in [0.05, 0.1) is 7.11 Å². The number of benzene rings is 1. The molecule has 5 heteroatoms. The lowest BCUT2D eigenvalue weighted by atomic mass is 9.88. The van der Waals surface area contributed by atoms with Crippen molar-refractivity contribution in [3.8, 4) is 17.2 Å². The van der Waals surface area contributed by atoms with E-state index >= 15 is 0 Å². The summed E-state index contributed by atoms with van der Waals surface area (Å²) in [4.78, 5) is 14.8. The van der Waals surface area contributed by atoms with Crippen LogP contribution in [-0.2, 0) is 11.2 Å². The Kier molecular flexibility index (Phi) is 5.33. The zero-order valence-corrected chi connectivity index (χ0v) is 15.6. The summed E-state index contributed by atoms with van der Waals surface area (Å²) in [6, 6.07) is 2.07. The van der Waals surface area contributed by atoms with E-state index in [9.17, 15) is 4.79 Å². The van der Waals surface area contributed by atoms with Crippen molar-refractivity contribution in [1.29, 1.82) is 0 Å². The number of carbonyl (C=O) groups is 1. The molecule has 0 saturated heterocycles. The zero-order valence-electron chi connectivity index (χ0n) is 15.6. The van der Waals surface area contributed by atoms with Crippen LogP contribution in [0, 0.1) is 0 Å². The van der Waals surface area contributed by atoms with Gasteiger partial charge in [-0.05, 0) is 45.4 Å². The molecule has 2 aliphatic heterocycles. The van der Waals surface area contributed by atoms with Crippen LogP contribution in [0.2, 0.25) is 0 Å². The summed E-state index contributed by atoms with van der Waals surface area (Å²) >= 11 is 0. The number of allylic oxidation sites excluding steroid dienone is 2. The van der Waals surface area contributed by atoms with Gasteiger partial charge >= 0.3 is 0 Å². The van der Waals surface area contributed by atoms with Crippen molar-refractivity contribution < 1.29 is 19.0 Å². The molecular formula is C20H27NO4.